The first-order valence-corrected chi connectivity index (χ1v) is 8.41. The molecule has 0 saturated carbocycles. The summed E-state index contributed by atoms with van der Waals surface area (Å²) in [5.41, 5.74) is 6.11. The van der Waals surface area contributed by atoms with E-state index in [0.717, 1.165) is 4.47 Å². The van der Waals surface area contributed by atoms with Crippen molar-refractivity contribution in [1.82, 2.24) is 4.90 Å². The molecule has 7 nitrogen and oxygen atoms in total. The monoisotopic (exact) mass is 395 g/mol. The fraction of sp³-hybridized carbons (Fsp3) is 0.375. The van der Waals surface area contributed by atoms with Gasteiger partial charge in [0.15, 0.2) is 0 Å². The molecule has 2 heterocycles. The number of carbonyl (C=O) groups is 2. The Bertz CT molecular complexity index is 804. The van der Waals surface area contributed by atoms with Crippen molar-refractivity contribution in [2.45, 2.75) is 25.5 Å². The number of carbonyl (C=O) groups excluding carboxylic acids is 2. The van der Waals surface area contributed by atoms with Gasteiger partial charge in [-0.15, -0.1) is 0 Å². The number of fused-ring (bicyclic) bond motifs is 1. The molecule has 0 spiro atoms. The number of β-amino-alcohol motifs (C(OH)–C–C–N with tert-alkyl or cyclic N) is 1. The molecule has 2 amide bonds. The van der Waals surface area contributed by atoms with Gasteiger partial charge in [-0.25, -0.2) is 0 Å². The maximum atomic E-state index is 12.6. The molecular formula is C16H18BrN3O4. The Hall–Kier alpha value is -1.90. The van der Waals surface area contributed by atoms with Gasteiger partial charge in [-0.3, -0.25) is 14.5 Å². The van der Waals surface area contributed by atoms with Gasteiger partial charge in [0.1, 0.15) is 11.3 Å². The highest BCUT2D eigenvalue weighted by molar-refractivity contribution is 9.10. The van der Waals surface area contributed by atoms with Crippen LogP contribution in [0.4, 0.5) is 5.69 Å². The second kappa shape index (κ2) is 6.54. The van der Waals surface area contributed by atoms with Crippen LogP contribution in [-0.4, -0.2) is 47.1 Å². The number of aliphatic hydroxyl groups excluding tert-OH is 1. The number of nitrogens with one attached hydrogen (secondary N) is 1. The summed E-state index contributed by atoms with van der Waals surface area (Å²) in [6, 6.07) is 4.78. The Morgan fingerprint density at radius 1 is 1.50 bits per heavy atom. The third-order valence-electron chi connectivity index (χ3n) is 4.24. The van der Waals surface area contributed by atoms with Gasteiger partial charge in [-0.05, 0) is 31.5 Å². The van der Waals surface area contributed by atoms with Gasteiger partial charge in [-0.1, -0.05) is 15.9 Å². The van der Waals surface area contributed by atoms with Crippen LogP contribution in [0.25, 0.3) is 11.0 Å². The number of benzene rings is 1. The minimum absolute atomic E-state index is 0.0786. The number of furan rings is 1. The van der Waals surface area contributed by atoms with Crippen molar-refractivity contribution in [1.29, 1.82) is 0 Å². The van der Waals surface area contributed by atoms with Crippen molar-refractivity contribution in [3.05, 3.63) is 28.4 Å². The SMILES string of the molecule is CC(C(=O)Nc1c(C(N)=O)oc2ccc(Br)cc12)N1CCC(O)C1. The smallest absolute Gasteiger partial charge is 0.286 e. The minimum atomic E-state index is -0.748. The van der Waals surface area contributed by atoms with Gasteiger partial charge in [0, 0.05) is 22.9 Å². The van der Waals surface area contributed by atoms with Gasteiger partial charge in [0.25, 0.3) is 5.91 Å². The molecule has 1 saturated heterocycles. The Morgan fingerprint density at radius 3 is 2.88 bits per heavy atom. The average Bonchev–Trinajstić information content (AvgIpc) is 3.11. The lowest BCUT2D eigenvalue weighted by atomic mass is 10.2. The van der Waals surface area contributed by atoms with Crippen LogP contribution in [0, 0.1) is 0 Å². The summed E-state index contributed by atoms with van der Waals surface area (Å²) in [6.07, 6.45) is 0.235. The maximum Gasteiger partial charge on any atom is 0.286 e. The van der Waals surface area contributed by atoms with Crippen molar-refractivity contribution >= 4 is 44.4 Å². The topological polar surface area (TPSA) is 109 Å². The first-order chi connectivity index (χ1) is 11.4. The molecule has 8 heteroatoms. The van der Waals surface area contributed by atoms with Crippen LogP contribution in [0.1, 0.15) is 23.9 Å². The minimum Gasteiger partial charge on any atom is -0.449 e. The van der Waals surface area contributed by atoms with Gasteiger partial charge in [0.2, 0.25) is 11.7 Å². The zero-order valence-electron chi connectivity index (χ0n) is 13.1. The van der Waals surface area contributed by atoms with Crippen molar-refractivity contribution in [2.75, 3.05) is 18.4 Å². The Balaban J connectivity index is 1.90. The molecule has 2 aromatic rings. The van der Waals surface area contributed by atoms with E-state index in [4.69, 9.17) is 10.2 Å². The number of rotatable bonds is 4. The normalized spacial score (nSPS) is 19.5. The Labute approximate surface area is 146 Å². The molecule has 2 atom stereocenters. The zero-order valence-corrected chi connectivity index (χ0v) is 14.7. The van der Waals surface area contributed by atoms with E-state index in [2.05, 4.69) is 21.2 Å². The fourth-order valence-corrected chi connectivity index (χ4v) is 3.24. The number of hydrogen-bond donors (Lipinski definition) is 3. The Kier molecular flexibility index (Phi) is 4.62. The second-order valence-electron chi connectivity index (χ2n) is 5.91. The van der Waals surface area contributed by atoms with Gasteiger partial charge in [0.05, 0.1) is 12.1 Å². The number of amides is 2. The molecule has 128 valence electrons. The number of halogens is 1. The molecular weight excluding hydrogens is 378 g/mol. The summed E-state index contributed by atoms with van der Waals surface area (Å²) in [5.74, 6) is -1.11. The van der Waals surface area contributed by atoms with Crippen molar-refractivity contribution < 1.29 is 19.1 Å². The number of nitrogens with zero attached hydrogens (tertiary/aromatic N) is 1. The van der Waals surface area contributed by atoms with Crippen molar-refractivity contribution in [3.63, 3.8) is 0 Å². The third kappa shape index (κ3) is 3.17. The number of aliphatic hydroxyl groups is 1. The van der Waals surface area contributed by atoms with Crippen LogP contribution in [0.2, 0.25) is 0 Å². The Morgan fingerprint density at radius 2 is 2.25 bits per heavy atom. The highest BCUT2D eigenvalue weighted by Crippen LogP contribution is 2.33. The highest BCUT2D eigenvalue weighted by atomic mass is 79.9. The van der Waals surface area contributed by atoms with Crippen LogP contribution >= 0.6 is 15.9 Å². The lowest BCUT2D eigenvalue weighted by Gasteiger charge is -2.22. The number of primary amides is 1. The van der Waals surface area contributed by atoms with E-state index in [9.17, 15) is 14.7 Å². The van der Waals surface area contributed by atoms with E-state index < -0.39 is 18.1 Å². The maximum absolute atomic E-state index is 12.6. The second-order valence-corrected chi connectivity index (χ2v) is 6.83. The van der Waals surface area contributed by atoms with Crippen LogP contribution < -0.4 is 11.1 Å². The summed E-state index contributed by atoms with van der Waals surface area (Å²) in [6.45, 7) is 2.86. The average molecular weight is 396 g/mol. The van der Waals surface area contributed by atoms with Crippen LogP contribution in [0.15, 0.2) is 27.1 Å². The van der Waals surface area contributed by atoms with E-state index in [1.807, 2.05) is 4.90 Å². The lowest BCUT2D eigenvalue weighted by molar-refractivity contribution is -0.120. The lowest BCUT2D eigenvalue weighted by Crippen LogP contribution is -2.41. The number of likely N-dealkylation sites (tertiary alicyclic amines) is 1. The summed E-state index contributed by atoms with van der Waals surface area (Å²) in [4.78, 5) is 26.1. The van der Waals surface area contributed by atoms with Crippen LogP contribution in [-0.2, 0) is 4.79 Å². The van der Waals surface area contributed by atoms with Gasteiger partial charge >= 0.3 is 0 Å². The summed E-state index contributed by atoms with van der Waals surface area (Å²) >= 11 is 3.36. The van der Waals surface area contributed by atoms with E-state index in [1.54, 1.807) is 25.1 Å². The predicted molar refractivity (Wildman–Crippen MR) is 92.7 cm³/mol. The molecule has 3 rings (SSSR count). The predicted octanol–water partition coefficient (Wildman–Crippen LogP) is 1.69. The third-order valence-corrected chi connectivity index (χ3v) is 4.74. The summed E-state index contributed by atoms with van der Waals surface area (Å²) in [7, 11) is 0. The highest BCUT2D eigenvalue weighted by Gasteiger charge is 2.30. The zero-order chi connectivity index (χ0) is 17.4. The number of hydrogen-bond acceptors (Lipinski definition) is 5. The number of anilines is 1. The molecule has 24 heavy (non-hydrogen) atoms. The summed E-state index contributed by atoms with van der Waals surface area (Å²) in [5, 5.41) is 13.0. The molecule has 0 bridgehead atoms. The summed E-state index contributed by atoms with van der Waals surface area (Å²) < 4.78 is 6.26. The first kappa shape index (κ1) is 16.9. The van der Waals surface area contributed by atoms with Crippen LogP contribution in [0.3, 0.4) is 0 Å². The molecule has 1 aliphatic rings. The molecule has 0 aliphatic carbocycles. The van der Waals surface area contributed by atoms with Crippen molar-refractivity contribution in [2.24, 2.45) is 5.73 Å². The van der Waals surface area contributed by atoms with Gasteiger partial charge in [-0.2, -0.15) is 0 Å². The molecule has 1 aliphatic heterocycles. The molecule has 2 unspecified atom stereocenters. The molecule has 1 aromatic carbocycles. The van der Waals surface area contributed by atoms with E-state index in [-0.39, 0.29) is 17.4 Å². The van der Waals surface area contributed by atoms with E-state index in [0.29, 0.717) is 30.5 Å². The molecule has 1 fully saturated rings. The quantitative estimate of drug-likeness (QED) is 0.729. The molecule has 1 aromatic heterocycles. The van der Waals surface area contributed by atoms with E-state index in [1.165, 1.54) is 0 Å². The number of nitrogens with two attached hydrogens (primary N) is 1. The molecule has 4 N–H and O–H groups in total. The van der Waals surface area contributed by atoms with Crippen LogP contribution in [0.5, 0.6) is 0 Å². The largest absolute Gasteiger partial charge is 0.449 e. The van der Waals surface area contributed by atoms with Gasteiger partial charge < -0.3 is 20.6 Å². The first-order valence-electron chi connectivity index (χ1n) is 7.61. The fourth-order valence-electron chi connectivity index (χ4n) is 2.88. The standard InChI is InChI=1S/C16H18BrN3O4/c1-8(20-5-4-10(21)7-20)16(23)19-13-11-6-9(17)2-3-12(11)24-14(13)15(18)22/h2-3,6,8,10,21H,4-5,7H2,1H3,(H2,18,22)(H,19,23). The van der Waals surface area contributed by atoms with Crippen molar-refractivity contribution in [3.8, 4) is 0 Å². The molecule has 0 radical (unpaired) electrons. The van der Waals surface area contributed by atoms with E-state index >= 15 is 0 Å².